The topological polar surface area (TPSA) is 106 Å². The SMILES string of the molecule is CC(C)(C)OC(=O)N[C@@H](CCCCNC(=O)OCC1c2ccccc2-c2ccccc21)C(=O)C1CSCCN1. The maximum Gasteiger partial charge on any atom is 0.408 e. The second-order valence-electron chi connectivity index (χ2n) is 10.9. The molecule has 39 heavy (non-hydrogen) atoms. The number of carbonyl (C=O) groups is 3. The molecule has 2 aromatic rings. The van der Waals surface area contributed by atoms with E-state index in [1.165, 1.54) is 22.3 Å². The van der Waals surface area contributed by atoms with Gasteiger partial charge in [0.2, 0.25) is 0 Å². The lowest BCUT2D eigenvalue weighted by molar-refractivity contribution is -0.122. The van der Waals surface area contributed by atoms with Gasteiger partial charge in [0.25, 0.3) is 0 Å². The van der Waals surface area contributed by atoms with Crippen molar-refractivity contribution in [2.24, 2.45) is 0 Å². The van der Waals surface area contributed by atoms with Gasteiger partial charge < -0.3 is 25.4 Å². The molecule has 3 N–H and O–H groups in total. The Balaban J connectivity index is 1.23. The van der Waals surface area contributed by atoms with Crippen LogP contribution >= 0.6 is 11.8 Å². The summed E-state index contributed by atoms with van der Waals surface area (Å²) in [5.74, 6) is 1.64. The fraction of sp³-hybridized carbons (Fsp3) is 0.500. The number of alkyl carbamates (subject to hydrolysis) is 2. The molecule has 1 saturated heterocycles. The second kappa shape index (κ2) is 13.3. The van der Waals surface area contributed by atoms with E-state index in [2.05, 4.69) is 40.2 Å². The first kappa shape index (κ1) is 29.0. The van der Waals surface area contributed by atoms with Crippen molar-refractivity contribution in [1.29, 1.82) is 0 Å². The number of ether oxygens (including phenoxy) is 2. The predicted octanol–water partition coefficient (Wildman–Crippen LogP) is 4.86. The molecule has 2 amide bonds. The number of fused-ring (bicyclic) bond motifs is 3. The fourth-order valence-electron chi connectivity index (χ4n) is 5.04. The van der Waals surface area contributed by atoms with Crippen molar-refractivity contribution in [3.05, 3.63) is 59.7 Å². The Hall–Kier alpha value is -3.04. The Kier molecular flexibility index (Phi) is 9.91. The van der Waals surface area contributed by atoms with Crippen molar-refractivity contribution >= 4 is 29.7 Å². The van der Waals surface area contributed by atoms with Crippen LogP contribution in [0.1, 0.15) is 57.1 Å². The molecular weight excluding hydrogens is 514 g/mol. The summed E-state index contributed by atoms with van der Waals surface area (Å²) in [7, 11) is 0. The first-order valence-corrected chi connectivity index (χ1v) is 14.8. The molecule has 0 bridgehead atoms. The van der Waals surface area contributed by atoms with Gasteiger partial charge in [0.1, 0.15) is 12.2 Å². The van der Waals surface area contributed by atoms with Crippen LogP contribution in [0.2, 0.25) is 0 Å². The molecule has 0 saturated carbocycles. The van der Waals surface area contributed by atoms with E-state index >= 15 is 0 Å². The third kappa shape index (κ3) is 7.99. The molecule has 0 aromatic heterocycles. The van der Waals surface area contributed by atoms with Crippen LogP contribution in [-0.4, -0.2) is 66.9 Å². The van der Waals surface area contributed by atoms with Crippen molar-refractivity contribution in [2.75, 3.05) is 31.2 Å². The van der Waals surface area contributed by atoms with E-state index < -0.39 is 23.8 Å². The first-order chi connectivity index (χ1) is 18.7. The van der Waals surface area contributed by atoms with Gasteiger partial charge in [0.15, 0.2) is 5.78 Å². The van der Waals surface area contributed by atoms with Crippen LogP contribution in [0, 0.1) is 0 Å². The fourth-order valence-corrected chi connectivity index (χ4v) is 5.99. The molecule has 1 unspecified atom stereocenters. The highest BCUT2D eigenvalue weighted by Gasteiger charge is 2.31. The van der Waals surface area contributed by atoms with Gasteiger partial charge in [0.05, 0.1) is 12.1 Å². The summed E-state index contributed by atoms with van der Waals surface area (Å²) in [6, 6.07) is 15.5. The number of hydrogen-bond donors (Lipinski definition) is 3. The summed E-state index contributed by atoms with van der Waals surface area (Å²) < 4.78 is 11.0. The van der Waals surface area contributed by atoms with Gasteiger partial charge >= 0.3 is 12.2 Å². The molecule has 2 atom stereocenters. The van der Waals surface area contributed by atoms with E-state index in [0.717, 1.165) is 12.3 Å². The van der Waals surface area contributed by atoms with E-state index in [-0.39, 0.29) is 24.3 Å². The molecule has 0 spiro atoms. The zero-order valence-corrected chi connectivity index (χ0v) is 23.8. The number of benzene rings is 2. The van der Waals surface area contributed by atoms with Crippen LogP contribution < -0.4 is 16.0 Å². The average molecular weight is 554 g/mol. The van der Waals surface area contributed by atoms with Crippen molar-refractivity contribution in [3.8, 4) is 11.1 Å². The second-order valence-corrected chi connectivity index (χ2v) is 12.1. The highest BCUT2D eigenvalue weighted by molar-refractivity contribution is 7.99. The van der Waals surface area contributed by atoms with Crippen LogP contribution in [0.5, 0.6) is 0 Å². The normalized spacial score (nSPS) is 17.5. The number of thioether (sulfide) groups is 1. The minimum Gasteiger partial charge on any atom is -0.449 e. The highest BCUT2D eigenvalue weighted by Crippen LogP contribution is 2.44. The zero-order chi connectivity index (χ0) is 27.8. The molecule has 1 fully saturated rings. The van der Waals surface area contributed by atoms with Gasteiger partial charge in [-0.15, -0.1) is 0 Å². The van der Waals surface area contributed by atoms with Gasteiger partial charge in [-0.05, 0) is 62.3 Å². The molecule has 1 aliphatic heterocycles. The number of hydrogen-bond acceptors (Lipinski definition) is 7. The Bertz CT molecular complexity index is 1110. The van der Waals surface area contributed by atoms with E-state index in [4.69, 9.17) is 9.47 Å². The summed E-state index contributed by atoms with van der Waals surface area (Å²) in [6.45, 7) is 6.82. The van der Waals surface area contributed by atoms with Gasteiger partial charge in [-0.2, -0.15) is 11.8 Å². The van der Waals surface area contributed by atoms with E-state index in [1.54, 1.807) is 32.5 Å². The molecule has 1 aliphatic carbocycles. The molecule has 1 heterocycles. The number of nitrogens with one attached hydrogen (secondary N) is 3. The molecule has 0 radical (unpaired) electrons. The molecule has 8 nitrogen and oxygen atoms in total. The van der Waals surface area contributed by atoms with Crippen LogP contribution in [0.4, 0.5) is 9.59 Å². The predicted molar refractivity (Wildman–Crippen MR) is 154 cm³/mol. The number of amides is 2. The van der Waals surface area contributed by atoms with Crippen molar-refractivity contribution < 1.29 is 23.9 Å². The maximum absolute atomic E-state index is 13.1. The minimum absolute atomic E-state index is 0.0143. The summed E-state index contributed by atoms with van der Waals surface area (Å²) in [6.07, 6.45) is 0.709. The number of ketones is 1. The van der Waals surface area contributed by atoms with Crippen molar-refractivity contribution in [3.63, 3.8) is 0 Å². The quantitative estimate of drug-likeness (QED) is 0.361. The lowest BCUT2D eigenvalue weighted by atomic mass is 9.98. The monoisotopic (exact) mass is 553 g/mol. The van der Waals surface area contributed by atoms with Crippen LogP contribution in [-0.2, 0) is 14.3 Å². The van der Waals surface area contributed by atoms with Gasteiger partial charge in [-0.1, -0.05) is 48.5 Å². The number of unbranched alkanes of at least 4 members (excludes halogenated alkanes) is 1. The van der Waals surface area contributed by atoms with E-state index in [1.807, 2.05) is 24.3 Å². The standard InChI is InChI=1S/C30H39N3O5S/c1-30(2,3)38-29(36)33-25(27(34)26-19-39-17-16-31-26)14-8-9-15-32-28(35)37-18-24-22-12-6-4-10-20(22)21-11-5-7-13-23(21)24/h4-7,10-13,24-26,31H,8-9,14-19H2,1-3H3,(H,32,35)(H,33,36)/t25-,26?/m0/s1. The zero-order valence-electron chi connectivity index (χ0n) is 23.0. The largest absolute Gasteiger partial charge is 0.449 e. The summed E-state index contributed by atoms with van der Waals surface area (Å²) in [5, 5.41) is 8.84. The average Bonchev–Trinajstić information content (AvgIpc) is 3.24. The molecular formula is C30H39N3O5S. The highest BCUT2D eigenvalue weighted by atomic mass is 32.2. The van der Waals surface area contributed by atoms with Crippen LogP contribution in [0.15, 0.2) is 48.5 Å². The number of carbonyl (C=O) groups excluding carboxylic acids is 3. The Morgan fingerprint density at radius 3 is 2.28 bits per heavy atom. The molecule has 210 valence electrons. The third-order valence-electron chi connectivity index (χ3n) is 6.83. The number of rotatable bonds is 10. The van der Waals surface area contributed by atoms with Gasteiger partial charge in [0, 0.05) is 30.5 Å². The first-order valence-electron chi connectivity index (χ1n) is 13.7. The smallest absolute Gasteiger partial charge is 0.408 e. The maximum atomic E-state index is 13.1. The minimum atomic E-state index is -0.649. The van der Waals surface area contributed by atoms with Crippen molar-refractivity contribution in [1.82, 2.24) is 16.0 Å². The van der Waals surface area contributed by atoms with Crippen LogP contribution in [0.3, 0.4) is 0 Å². The number of Topliss-reactive ketones (excluding diaryl/α,β-unsaturated/α-hetero) is 1. The lowest BCUT2D eigenvalue weighted by Gasteiger charge is -2.28. The molecule has 2 aromatic carbocycles. The summed E-state index contributed by atoms with van der Waals surface area (Å²) >= 11 is 1.73. The van der Waals surface area contributed by atoms with Crippen LogP contribution in [0.25, 0.3) is 11.1 Å². The summed E-state index contributed by atoms with van der Waals surface area (Å²) in [5.41, 5.74) is 4.07. The lowest BCUT2D eigenvalue weighted by Crippen LogP contribution is -2.53. The Morgan fingerprint density at radius 1 is 1.00 bits per heavy atom. The molecule has 2 aliphatic rings. The molecule has 9 heteroatoms. The van der Waals surface area contributed by atoms with Crippen molar-refractivity contribution in [2.45, 2.75) is 63.6 Å². The summed E-state index contributed by atoms with van der Waals surface area (Å²) in [4.78, 5) is 37.9. The third-order valence-corrected chi connectivity index (χ3v) is 7.89. The van der Waals surface area contributed by atoms with E-state index in [9.17, 15) is 14.4 Å². The van der Waals surface area contributed by atoms with Gasteiger partial charge in [-0.3, -0.25) is 4.79 Å². The van der Waals surface area contributed by atoms with Gasteiger partial charge in [-0.25, -0.2) is 9.59 Å². The Labute approximate surface area is 235 Å². The van der Waals surface area contributed by atoms with E-state index in [0.29, 0.717) is 31.6 Å². The Morgan fingerprint density at radius 2 is 1.67 bits per heavy atom. The molecule has 4 rings (SSSR count).